The summed E-state index contributed by atoms with van der Waals surface area (Å²) in [4.78, 5) is 12.3. The minimum atomic E-state index is -0.187. The third-order valence-corrected chi connectivity index (χ3v) is 4.01. The summed E-state index contributed by atoms with van der Waals surface area (Å²) in [6.07, 6.45) is 0. The number of ether oxygens (including phenoxy) is 2. The van der Waals surface area contributed by atoms with Crippen LogP contribution in [0.25, 0.3) is 11.5 Å². The van der Waals surface area contributed by atoms with Gasteiger partial charge in [0.05, 0.1) is 19.8 Å². The van der Waals surface area contributed by atoms with Crippen molar-refractivity contribution in [2.75, 3.05) is 14.2 Å². The largest absolute Gasteiger partial charge is 0.497 e. The van der Waals surface area contributed by atoms with E-state index in [1.165, 1.54) is 0 Å². The molecule has 0 unspecified atom stereocenters. The molecule has 0 N–H and O–H groups in total. The van der Waals surface area contributed by atoms with Crippen LogP contribution in [-0.2, 0) is 0 Å². The predicted molar refractivity (Wildman–Crippen MR) is 89.5 cm³/mol. The first-order valence-electron chi connectivity index (χ1n) is 7.04. The fraction of sp³-hybridized carbons (Fsp3) is 0.118. The van der Waals surface area contributed by atoms with Crippen molar-refractivity contribution in [2.24, 2.45) is 0 Å². The first-order valence-corrected chi connectivity index (χ1v) is 7.86. The maximum atomic E-state index is 12.3. The topological polar surface area (TPSA) is 74.5 Å². The van der Waals surface area contributed by atoms with Crippen LogP contribution in [-0.4, -0.2) is 29.5 Å². The smallest absolute Gasteiger partial charge is 0.284 e. The third-order valence-electron chi connectivity index (χ3n) is 3.25. The van der Waals surface area contributed by atoms with Gasteiger partial charge in [-0.1, -0.05) is 12.1 Å². The molecule has 0 aliphatic rings. The van der Waals surface area contributed by atoms with Crippen molar-refractivity contribution in [3.8, 4) is 23.0 Å². The number of carbonyl (C=O) groups excluding carboxylic acids is 1. The Kier molecular flexibility index (Phi) is 4.81. The van der Waals surface area contributed by atoms with Crippen LogP contribution < -0.4 is 9.47 Å². The Morgan fingerprint density at radius 3 is 2.46 bits per heavy atom. The average Bonchev–Trinajstić information content (AvgIpc) is 3.10. The molecule has 3 aromatic rings. The van der Waals surface area contributed by atoms with Crippen molar-refractivity contribution < 1.29 is 18.7 Å². The molecular weight excluding hydrogens is 328 g/mol. The summed E-state index contributed by atoms with van der Waals surface area (Å²) in [5.41, 5.74) is 1.20. The Morgan fingerprint density at radius 2 is 1.75 bits per heavy atom. The van der Waals surface area contributed by atoms with Gasteiger partial charge in [-0.15, -0.1) is 10.2 Å². The summed E-state index contributed by atoms with van der Waals surface area (Å²) in [5, 5.41) is 7.88. The molecule has 0 fully saturated rings. The van der Waals surface area contributed by atoms with Crippen molar-refractivity contribution in [3.63, 3.8) is 0 Å². The van der Waals surface area contributed by atoms with E-state index in [4.69, 9.17) is 13.9 Å². The number of hydrogen-bond donors (Lipinski definition) is 0. The third kappa shape index (κ3) is 3.41. The summed E-state index contributed by atoms with van der Waals surface area (Å²) in [6.45, 7) is 0. The molecule has 2 aromatic carbocycles. The Hall–Kier alpha value is -2.80. The van der Waals surface area contributed by atoms with E-state index in [0.29, 0.717) is 28.5 Å². The first-order chi connectivity index (χ1) is 11.7. The lowest BCUT2D eigenvalue weighted by Gasteiger charge is -2.03. The van der Waals surface area contributed by atoms with E-state index in [1.807, 2.05) is 18.2 Å². The van der Waals surface area contributed by atoms with Gasteiger partial charge in [0, 0.05) is 17.3 Å². The van der Waals surface area contributed by atoms with Crippen LogP contribution in [0.3, 0.4) is 0 Å². The van der Waals surface area contributed by atoms with Crippen LogP contribution in [0.2, 0.25) is 0 Å². The second-order valence-electron chi connectivity index (χ2n) is 4.69. The van der Waals surface area contributed by atoms with E-state index in [2.05, 4.69) is 10.2 Å². The summed E-state index contributed by atoms with van der Waals surface area (Å²) < 4.78 is 15.9. The van der Waals surface area contributed by atoms with Gasteiger partial charge in [0.25, 0.3) is 11.1 Å². The molecule has 0 atom stereocenters. The molecule has 0 aliphatic carbocycles. The van der Waals surface area contributed by atoms with E-state index in [0.717, 1.165) is 11.8 Å². The van der Waals surface area contributed by atoms with E-state index < -0.39 is 0 Å². The number of aromatic nitrogens is 2. The molecule has 0 saturated carbocycles. The van der Waals surface area contributed by atoms with E-state index in [1.54, 1.807) is 44.6 Å². The molecule has 0 aliphatic heterocycles. The summed E-state index contributed by atoms with van der Waals surface area (Å²) >= 11 is 0.878. The van der Waals surface area contributed by atoms with E-state index in [-0.39, 0.29) is 10.3 Å². The second-order valence-corrected chi connectivity index (χ2v) is 5.62. The van der Waals surface area contributed by atoms with Gasteiger partial charge in [0.15, 0.2) is 0 Å². The van der Waals surface area contributed by atoms with Crippen molar-refractivity contribution in [1.82, 2.24) is 10.2 Å². The number of methoxy groups -OCH3 is 2. The fourth-order valence-corrected chi connectivity index (χ4v) is 2.66. The lowest BCUT2D eigenvalue weighted by molar-refractivity contribution is 0.108. The molecule has 3 rings (SSSR count). The van der Waals surface area contributed by atoms with Gasteiger partial charge in [-0.25, -0.2) is 0 Å². The van der Waals surface area contributed by atoms with Gasteiger partial charge < -0.3 is 13.9 Å². The molecule has 7 heteroatoms. The molecule has 0 spiro atoms. The second kappa shape index (κ2) is 7.18. The molecular formula is C17H14N2O4S. The highest BCUT2D eigenvalue weighted by atomic mass is 32.2. The molecule has 0 bridgehead atoms. The van der Waals surface area contributed by atoms with E-state index >= 15 is 0 Å². The minimum absolute atomic E-state index is 0.178. The van der Waals surface area contributed by atoms with Crippen molar-refractivity contribution in [3.05, 3.63) is 54.1 Å². The number of para-hydroxylation sites is 1. The number of thioether (sulfide) groups is 1. The molecule has 0 amide bonds. The number of rotatable bonds is 5. The van der Waals surface area contributed by atoms with Crippen LogP contribution in [0.5, 0.6) is 11.5 Å². The average molecular weight is 342 g/mol. The van der Waals surface area contributed by atoms with E-state index in [9.17, 15) is 4.79 Å². The standard InChI is InChI=1S/C17H14N2O4S/c1-21-12-9-7-11(8-10-12)16(20)24-17-19-18-15(23-17)13-5-3-4-6-14(13)22-2/h3-10H,1-2H3. The minimum Gasteiger partial charge on any atom is -0.497 e. The quantitative estimate of drug-likeness (QED) is 0.655. The molecule has 1 heterocycles. The molecule has 6 nitrogen and oxygen atoms in total. The summed E-state index contributed by atoms with van der Waals surface area (Å²) in [7, 11) is 3.14. The summed E-state index contributed by atoms with van der Waals surface area (Å²) in [5.74, 6) is 1.62. The number of nitrogens with zero attached hydrogens (tertiary/aromatic N) is 2. The van der Waals surface area contributed by atoms with Crippen LogP contribution in [0.4, 0.5) is 0 Å². The van der Waals surface area contributed by atoms with Crippen molar-refractivity contribution in [2.45, 2.75) is 5.22 Å². The van der Waals surface area contributed by atoms with Gasteiger partial charge in [0.2, 0.25) is 5.12 Å². The van der Waals surface area contributed by atoms with Crippen LogP contribution in [0.1, 0.15) is 10.4 Å². The van der Waals surface area contributed by atoms with Gasteiger partial charge in [-0.2, -0.15) is 0 Å². The monoisotopic (exact) mass is 342 g/mol. The maximum absolute atomic E-state index is 12.3. The zero-order chi connectivity index (χ0) is 16.9. The van der Waals surface area contributed by atoms with Gasteiger partial charge >= 0.3 is 0 Å². The predicted octanol–water partition coefficient (Wildman–Crippen LogP) is 3.69. The number of hydrogen-bond acceptors (Lipinski definition) is 7. The SMILES string of the molecule is COc1ccc(C(=O)Sc2nnc(-c3ccccc3OC)o2)cc1. The molecule has 0 radical (unpaired) electrons. The fourth-order valence-electron chi connectivity index (χ4n) is 2.05. The van der Waals surface area contributed by atoms with Crippen LogP contribution in [0.15, 0.2) is 58.2 Å². The molecule has 24 heavy (non-hydrogen) atoms. The Bertz CT molecular complexity index is 846. The molecule has 1 aromatic heterocycles. The van der Waals surface area contributed by atoms with Gasteiger partial charge in [-0.05, 0) is 36.4 Å². The zero-order valence-electron chi connectivity index (χ0n) is 13.1. The lowest BCUT2D eigenvalue weighted by atomic mass is 10.2. The highest BCUT2D eigenvalue weighted by molar-refractivity contribution is 8.14. The first kappa shape index (κ1) is 16.1. The van der Waals surface area contributed by atoms with Gasteiger partial charge in [0.1, 0.15) is 11.5 Å². The number of carbonyl (C=O) groups is 1. The van der Waals surface area contributed by atoms with Crippen molar-refractivity contribution in [1.29, 1.82) is 0 Å². The highest BCUT2D eigenvalue weighted by Crippen LogP contribution is 2.31. The Balaban J connectivity index is 1.77. The zero-order valence-corrected chi connectivity index (χ0v) is 13.9. The van der Waals surface area contributed by atoms with Crippen molar-refractivity contribution >= 4 is 16.9 Å². The number of benzene rings is 2. The summed E-state index contributed by atoms with van der Waals surface area (Å²) in [6, 6.07) is 14.1. The van der Waals surface area contributed by atoms with Crippen LogP contribution >= 0.6 is 11.8 Å². The highest BCUT2D eigenvalue weighted by Gasteiger charge is 2.17. The lowest BCUT2D eigenvalue weighted by Crippen LogP contribution is -1.93. The van der Waals surface area contributed by atoms with Crippen LogP contribution in [0, 0.1) is 0 Å². The normalized spacial score (nSPS) is 10.4. The Labute approximate surface area is 142 Å². The van der Waals surface area contributed by atoms with Gasteiger partial charge in [-0.3, -0.25) is 4.79 Å². The maximum Gasteiger partial charge on any atom is 0.284 e. The molecule has 0 saturated heterocycles. The Morgan fingerprint density at radius 1 is 1.00 bits per heavy atom. The molecule has 122 valence electrons.